The summed E-state index contributed by atoms with van der Waals surface area (Å²) in [4.78, 5) is 23.9. The van der Waals surface area contributed by atoms with Crippen LogP contribution in [0.3, 0.4) is 0 Å². The van der Waals surface area contributed by atoms with Gasteiger partial charge in [-0.2, -0.15) is 5.26 Å². The lowest BCUT2D eigenvalue weighted by molar-refractivity contribution is -0.122. The van der Waals surface area contributed by atoms with Crippen molar-refractivity contribution in [2.45, 2.75) is 52.2 Å². The van der Waals surface area contributed by atoms with Crippen LogP contribution in [0.25, 0.3) is 6.08 Å². The molecule has 1 saturated heterocycles. The number of carbonyl (C=O) groups is 2. The van der Waals surface area contributed by atoms with Gasteiger partial charge in [0.25, 0.3) is 5.91 Å². The molecule has 0 bridgehead atoms. The van der Waals surface area contributed by atoms with Gasteiger partial charge in [0, 0.05) is 43.5 Å². The Morgan fingerprint density at radius 2 is 2.04 bits per heavy atom. The van der Waals surface area contributed by atoms with Crippen LogP contribution in [0.15, 0.2) is 11.6 Å². The average molecular weight is 384 g/mol. The number of nitrogens with one attached hydrogen (secondary N) is 2. The van der Waals surface area contributed by atoms with Gasteiger partial charge in [-0.3, -0.25) is 9.59 Å². The molecule has 0 spiro atoms. The minimum absolute atomic E-state index is 0.0454. The normalized spacial score (nSPS) is 19.3. The topological polar surface area (TPSA) is 96.2 Å². The van der Waals surface area contributed by atoms with E-state index in [4.69, 9.17) is 4.74 Å². The molecule has 1 aliphatic carbocycles. The number of nitriles is 1. The largest absolute Gasteiger partial charge is 0.376 e. The molecule has 0 aromatic carbocycles. The lowest BCUT2D eigenvalue weighted by Crippen LogP contribution is -2.35. The fourth-order valence-electron chi connectivity index (χ4n) is 3.50. The molecule has 3 rings (SSSR count). The molecule has 7 nitrogen and oxygen atoms in total. The molecule has 0 radical (unpaired) electrons. The molecule has 2 N–H and O–H groups in total. The quantitative estimate of drug-likeness (QED) is 0.406. The van der Waals surface area contributed by atoms with E-state index < -0.39 is 5.91 Å². The second-order valence-corrected chi connectivity index (χ2v) is 7.56. The maximum atomic E-state index is 12.3. The van der Waals surface area contributed by atoms with Crippen molar-refractivity contribution in [3.05, 3.63) is 28.6 Å². The average Bonchev–Trinajstić information content (AvgIpc) is 3.35. The zero-order valence-electron chi connectivity index (χ0n) is 16.6. The summed E-state index contributed by atoms with van der Waals surface area (Å²) < 4.78 is 7.91. The second-order valence-electron chi connectivity index (χ2n) is 7.56. The van der Waals surface area contributed by atoms with Gasteiger partial charge in [-0.15, -0.1) is 0 Å². The maximum Gasteiger partial charge on any atom is 0.262 e. The van der Waals surface area contributed by atoms with Gasteiger partial charge in [-0.25, -0.2) is 0 Å². The standard InChI is InChI=1S/C21H28N4O3/c1-14-10-17(15(2)25(14)13-19-4-3-9-28-19)11-18(12-22)21(27)24-8-7-23-20(26)16-5-6-16/h10-11,16,19H,3-9,13H2,1-2H3,(H,23,26)(H,24,27)/b18-11-. The summed E-state index contributed by atoms with van der Waals surface area (Å²) in [5, 5.41) is 14.9. The van der Waals surface area contributed by atoms with Crippen molar-refractivity contribution in [1.29, 1.82) is 5.26 Å². The number of rotatable bonds is 8. The number of carbonyl (C=O) groups excluding carboxylic acids is 2. The van der Waals surface area contributed by atoms with Gasteiger partial charge in [0.1, 0.15) is 11.6 Å². The van der Waals surface area contributed by atoms with Crippen LogP contribution in [-0.4, -0.2) is 42.2 Å². The fraction of sp³-hybridized carbons (Fsp3) is 0.571. The van der Waals surface area contributed by atoms with E-state index in [2.05, 4.69) is 15.2 Å². The summed E-state index contributed by atoms with van der Waals surface area (Å²) in [5.41, 5.74) is 3.03. The number of ether oxygens (including phenoxy) is 1. The first-order valence-electron chi connectivity index (χ1n) is 9.95. The molecule has 2 amide bonds. The smallest absolute Gasteiger partial charge is 0.262 e. The summed E-state index contributed by atoms with van der Waals surface area (Å²) >= 11 is 0. The molecule has 7 heteroatoms. The highest BCUT2D eigenvalue weighted by molar-refractivity contribution is 6.01. The number of amides is 2. The third kappa shape index (κ3) is 5.02. The highest BCUT2D eigenvalue weighted by atomic mass is 16.5. The van der Waals surface area contributed by atoms with Gasteiger partial charge in [-0.1, -0.05) is 0 Å². The summed E-state index contributed by atoms with van der Waals surface area (Å²) in [6, 6.07) is 3.98. The van der Waals surface area contributed by atoms with Gasteiger partial charge in [0.2, 0.25) is 5.91 Å². The molecule has 2 aliphatic rings. The fourth-order valence-corrected chi connectivity index (χ4v) is 3.50. The Bertz CT molecular complexity index is 808. The Labute approximate surface area is 165 Å². The first-order valence-corrected chi connectivity index (χ1v) is 9.95. The molecular weight excluding hydrogens is 356 g/mol. The molecule has 1 aromatic rings. The van der Waals surface area contributed by atoms with Gasteiger partial charge < -0.3 is 19.9 Å². The molecule has 1 atom stereocenters. The zero-order chi connectivity index (χ0) is 20.1. The minimum atomic E-state index is -0.424. The summed E-state index contributed by atoms with van der Waals surface area (Å²) in [6.07, 6.45) is 5.91. The predicted octanol–water partition coefficient (Wildman–Crippen LogP) is 1.83. The summed E-state index contributed by atoms with van der Waals surface area (Å²) in [5.74, 6) is -0.230. The molecule has 1 unspecified atom stereocenters. The van der Waals surface area contributed by atoms with E-state index in [0.29, 0.717) is 13.1 Å². The van der Waals surface area contributed by atoms with Crippen LogP contribution in [0.1, 0.15) is 42.6 Å². The van der Waals surface area contributed by atoms with Crippen LogP contribution >= 0.6 is 0 Å². The Morgan fingerprint density at radius 3 is 2.68 bits per heavy atom. The molecular formula is C21H28N4O3. The molecule has 28 heavy (non-hydrogen) atoms. The molecule has 1 aromatic heterocycles. The van der Waals surface area contributed by atoms with E-state index in [1.807, 2.05) is 26.0 Å². The van der Waals surface area contributed by atoms with Crippen LogP contribution in [0.4, 0.5) is 0 Å². The van der Waals surface area contributed by atoms with Gasteiger partial charge in [0.05, 0.1) is 6.10 Å². The number of nitrogens with zero attached hydrogens (tertiary/aromatic N) is 2. The van der Waals surface area contributed by atoms with Gasteiger partial charge in [-0.05, 0) is 57.2 Å². The lowest BCUT2D eigenvalue weighted by atomic mass is 10.1. The molecule has 2 heterocycles. The van der Waals surface area contributed by atoms with Crippen LogP contribution < -0.4 is 10.6 Å². The van der Waals surface area contributed by atoms with Crippen molar-refractivity contribution in [2.24, 2.45) is 5.92 Å². The Kier molecular flexibility index (Phi) is 6.53. The van der Waals surface area contributed by atoms with Crippen LogP contribution in [0.2, 0.25) is 0 Å². The monoisotopic (exact) mass is 384 g/mol. The third-order valence-corrected chi connectivity index (χ3v) is 5.35. The zero-order valence-corrected chi connectivity index (χ0v) is 16.6. The highest BCUT2D eigenvalue weighted by Crippen LogP contribution is 2.28. The number of aromatic nitrogens is 1. The van der Waals surface area contributed by atoms with E-state index in [9.17, 15) is 14.9 Å². The lowest BCUT2D eigenvalue weighted by Gasteiger charge is -2.14. The molecule has 2 fully saturated rings. The second kappa shape index (κ2) is 9.07. The summed E-state index contributed by atoms with van der Waals surface area (Å²) in [6.45, 7) is 6.29. The van der Waals surface area contributed by atoms with Crippen molar-refractivity contribution in [3.8, 4) is 6.07 Å². The van der Waals surface area contributed by atoms with Crippen LogP contribution in [-0.2, 0) is 20.9 Å². The number of aryl methyl sites for hydroxylation is 1. The van der Waals surface area contributed by atoms with E-state index in [-0.39, 0.29) is 23.5 Å². The van der Waals surface area contributed by atoms with Gasteiger partial charge >= 0.3 is 0 Å². The number of hydrogen-bond acceptors (Lipinski definition) is 4. The highest BCUT2D eigenvalue weighted by Gasteiger charge is 2.29. The maximum absolute atomic E-state index is 12.3. The minimum Gasteiger partial charge on any atom is -0.376 e. The first kappa shape index (κ1) is 20.2. The van der Waals surface area contributed by atoms with E-state index in [0.717, 1.165) is 55.8 Å². The van der Waals surface area contributed by atoms with Crippen molar-refractivity contribution in [2.75, 3.05) is 19.7 Å². The van der Waals surface area contributed by atoms with Crippen LogP contribution in [0, 0.1) is 31.1 Å². The SMILES string of the molecule is Cc1cc(/C=C(/C#N)C(=O)NCCNC(=O)C2CC2)c(C)n1CC1CCCO1. The first-order chi connectivity index (χ1) is 13.5. The van der Waals surface area contributed by atoms with Crippen molar-refractivity contribution < 1.29 is 14.3 Å². The van der Waals surface area contributed by atoms with E-state index >= 15 is 0 Å². The summed E-state index contributed by atoms with van der Waals surface area (Å²) in [7, 11) is 0. The van der Waals surface area contributed by atoms with Crippen molar-refractivity contribution in [3.63, 3.8) is 0 Å². The Morgan fingerprint density at radius 1 is 1.29 bits per heavy atom. The van der Waals surface area contributed by atoms with Gasteiger partial charge in [0.15, 0.2) is 0 Å². The predicted molar refractivity (Wildman–Crippen MR) is 105 cm³/mol. The van der Waals surface area contributed by atoms with Crippen molar-refractivity contribution >= 4 is 17.9 Å². The molecule has 1 saturated carbocycles. The van der Waals surface area contributed by atoms with Crippen LogP contribution in [0.5, 0.6) is 0 Å². The third-order valence-electron chi connectivity index (χ3n) is 5.35. The molecule has 150 valence electrons. The van der Waals surface area contributed by atoms with E-state index in [1.54, 1.807) is 6.08 Å². The Hall–Kier alpha value is -2.59. The Balaban J connectivity index is 1.58. The number of hydrogen-bond donors (Lipinski definition) is 2. The van der Waals surface area contributed by atoms with Crippen molar-refractivity contribution in [1.82, 2.24) is 15.2 Å². The van der Waals surface area contributed by atoms with E-state index in [1.165, 1.54) is 0 Å². The molecule has 1 aliphatic heterocycles.